The molecule has 4 nitrogen and oxygen atoms in total. The summed E-state index contributed by atoms with van der Waals surface area (Å²) in [6, 6.07) is 7.18. The van der Waals surface area contributed by atoms with Crippen molar-refractivity contribution in [2.45, 2.75) is 25.2 Å². The van der Waals surface area contributed by atoms with E-state index in [9.17, 15) is 4.39 Å². The molecule has 1 aliphatic rings. The molecule has 0 atom stereocenters. The van der Waals surface area contributed by atoms with E-state index in [0.29, 0.717) is 36.4 Å². The van der Waals surface area contributed by atoms with Crippen LogP contribution in [-0.4, -0.2) is 16.7 Å². The molecule has 18 heavy (non-hydrogen) atoms. The van der Waals surface area contributed by atoms with Gasteiger partial charge < -0.3 is 9.73 Å². The smallest absolute Gasteiger partial charge is 0.315 e. The number of hydrogen-bond donors (Lipinski definition) is 1. The van der Waals surface area contributed by atoms with Crippen LogP contribution in [0.1, 0.15) is 30.2 Å². The van der Waals surface area contributed by atoms with Crippen LogP contribution in [0.3, 0.4) is 0 Å². The fourth-order valence-electron chi connectivity index (χ4n) is 1.81. The Hall–Kier alpha value is -1.91. The van der Waals surface area contributed by atoms with E-state index in [2.05, 4.69) is 15.5 Å². The number of nitrogens with zero attached hydrogens (tertiary/aromatic N) is 2. The Morgan fingerprint density at radius 3 is 2.89 bits per heavy atom. The predicted octanol–water partition coefficient (Wildman–Crippen LogP) is 2.74. The van der Waals surface area contributed by atoms with Crippen LogP contribution in [0.2, 0.25) is 0 Å². The van der Waals surface area contributed by atoms with Crippen LogP contribution < -0.4 is 5.32 Å². The van der Waals surface area contributed by atoms with Crippen molar-refractivity contribution in [2.24, 2.45) is 0 Å². The van der Waals surface area contributed by atoms with Crippen molar-refractivity contribution in [3.63, 3.8) is 0 Å². The van der Waals surface area contributed by atoms with Gasteiger partial charge in [-0.3, -0.25) is 0 Å². The van der Waals surface area contributed by atoms with Crippen molar-refractivity contribution >= 4 is 6.01 Å². The third-order valence-electron chi connectivity index (χ3n) is 3.00. The SMILES string of the molecule is Fc1ccccc1CCNc1nnc(C2CC2)o1. The molecular formula is C13H14FN3O. The number of halogens is 1. The van der Waals surface area contributed by atoms with Crippen LogP contribution in [0.15, 0.2) is 28.7 Å². The second-order valence-electron chi connectivity index (χ2n) is 4.49. The second-order valence-corrected chi connectivity index (χ2v) is 4.49. The topological polar surface area (TPSA) is 51.0 Å². The minimum Gasteiger partial charge on any atom is -0.408 e. The van der Waals surface area contributed by atoms with Crippen molar-refractivity contribution in [2.75, 3.05) is 11.9 Å². The Balaban J connectivity index is 1.53. The summed E-state index contributed by atoms with van der Waals surface area (Å²) in [7, 11) is 0. The molecule has 94 valence electrons. The standard InChI is InChI=1S/C13H14FN3O/c14-11-4-2-1-3-9(11)7-8-15-13-17-16-12(18-13)10-5-6-10/h1-4,10H,5-8H2,(H,15,17). The van der Waals surface area contributed by atoms with Gasteiger partial charge in [-0.25, -0.2) is 4.39 Å². The van der Waals surface area contributed by atoms with Gasteiger partial charge in [0, 0.05) is 12.5 Å². The molecule has 0 unspecified atom stereocenters. The molecule has 3 rings (SSSR count). The molecule has 1 heterocycles. The van der Waals surface area contributed by atoms with E-state index in [4.69, 9.17) is 4.42 Å². The fourth-order valence-corrected chi connectivity index (χ4v) is 1.81. The lowest BCUT2D eigenvalue weighted by molar-refractivity contribution is 0.507. The monoisotopic (exact) mass is 247 g/mol. The average Bonchev–Trinajstić information content (AvgIpc) is 3.12. The first-order chi connectivity index (χ1) is 8.83. The second kappa shape index (κ2) is 4.76. The normalized spacial score (nSPS) is 14.7. The maximum Gasteiger partial charge on any atom is 0.315 e. The van der Waals surface area contributed by atoms with Gasteiger partial charge in [-0.2, -0.15) is 0 Å². The minimum atomic E-state index is -0.177. The summed E-state index contributed by atoms with van der Waals surface area (Å²) in [5.41, 5.74) is 0.687. The third kappa shape index (κ3) is 2.50. The number of rotatable bonds is 5. The number of nitrogens with one attached hydrogen (secondary N) is 1. The predicted molar refractivity (Wildman–Crippen MR) is 64.9 cm³/mol. The lowest BCUT2D eigenvalue weighted by atomic mass is 10.1. The maximum absolute atomic E-state index is 13.4. The Morgan fingerprint density at radius 2 is 2.11 bits per heavy atom. The van der Waals surface area contributed by atoms with Crippen LogP contribution in [0.25, 0.3) is 0 Å². The molecule has 1 saturated carbocycles. The van der Waals surface area contributed by atoms with Gasteiger partial charge in [0.2, 0.25) is 5.89 Å². The molecule has 2 aromatic rings. The summed E-state index contributed by atoms with van der Waals surface area (Å²) in [6.45, 7) is 0.577. The fraction of sp³-hybridized carbons (Fsp3) is 0.385. The Labute approximate surface area is 104 Å². The molecule has 1 aliphatic carbocycles. The van der Waals surface area contributed by atoms with Crippen molar-refractivity contribution in [1.29, 1.82) is 0 Å². The van der Waals surface area contributed by atoms with Crippen LogP contribution in [0, 0.1) is 5.82 Å². The van der Waals surface area contributed by atoms with E-state index in [1.165, 1.54) is 6.07 Å². The molecule has 1 aromatic heterocycles. The van der Waals surface area contributed by atoms with Crippen molar-refractivity contribution < 1.29 is 8.81 Å². The third-order valence-corrected chi connectivity index (χ3v) is 3.00. The van der Waals surface area contributed by atoms with Crippen LogP contribution >= 0.6 is 0 Å². The number of anilines is 1. The lowest BCUT2D eigenvalue weighted by Crippen LogP contribution is -2.06. The first-order valence-corrected chi connectivity index (χ1v) is 6.13. The van der Waals surface area contributed by atoms with Crippen LogP contribution in [0.5, 0.6) is 0 Å². The summed E-state index contributed by atoms with van der Waals surface area (Å²) in [6.07, 6.45) is 2.86. The van der Waals surface area contributed by atoms with Gasteiger partial charge in [0.05, 0.1) is 0 Å². The summed E-state index contributed by atoms with van der Waals surface area (Å²) >= 11 is 0. The van der Waals surface area contributed by atoms with Crippen molar-refractivity contribution in [3.05, 3.63) is 41.5 Å². The first-order valence-electron chi connectivity index (χ1n) is 6.13. The zero-order chi connectivity index (χ0) is 12.4. The van der Waals surface area contributed by atoms with E-state index in [1.807, 2.05) is 6.07 Å². The number of hydrogen-bond acceptors (Lipinski definition) is 4. The molecule has 1 fully saturated rings. The molecule has 5 heteroatoms. The van der Waals surface area contributed by atoms with Gasteiger partial charge in [0.1, 0.15) is 5.82 Å². The molecule has 1 aromatic carbocycles. The highest BCUT2D eigenvalue weighted by molar-refractivity contribution is 5.22. The van der Waals surface area contributed by atoms with Gasteiger partial charge in [0.15, 0.2) is 0 Å². The summed E-state index contributed by atoms with van der Waals surface area (Å²) in [5.74, 6) is 0.992. The van der Waals surface area contributed by atoms with Gasteiger partial charge in [-0.05, 0) is 30.9 Å². The molecular weight excluding hydrogens is 233 g/mol. The molecule has 0 amide bonds. The molecule has 0 aliphatic heterocycles. The molecule has 0 bridgehead atoms. The Bertz CT molecular complexity index is 537. The minimum absolute atomic E-state index is 0.177. The Kier molecular flexibility index (Phi) is 2.96. The maximum atomic E-state index is 13.4. The number of benzene rings is 1. The molecule has 0 radical (unpaired) electrons. The van der Waals surface area contributed by atoms with Crippen LogP contribution in [0.4, 0.5) is 10.4 Å². The van der Waals surface area contributed by atoms with Crippen LogP contribution in [-0.2, 0) is 6.42 Å². The number of aromatic nitrogens is 2. The van der Waals surface area contributed by atoms with Gasteiger partial charge >= 0.3 is 6.01 Å². The summed E-state index contributed by atoms with van der Waals surface area (Å²) in [5, 5.41) is 10.9. The van der Waals surface area contributed by atoms with E-state index in [1.54, 1.807) is 12.1 Å². The van der Waals surface area contributed by atoms with Crippen molar-refractivity contribution in [3.8, 4) is 0 Å². The van der Waals surface area contributed by atoms with Gasteiger partial charge in [0.25, 0.3) is 0 Å². The highest BCUT2D eigenvalue weighted by Gasteiger charge is 2.29. The highest BCUT2D eigenvalue weighted by Crippen LogP contribution is 2.39. The molecule has 1 N–H and O–H groups in total. The largest absolute Gasteiger partial charge is 0.408 e. The van der Waals surface area contributed by atoms with E-state index in [0.717, 1.165) is 12.8 Å². The average molecular weight is 247 g/mol. The highest BCUT2D eigenvalue weighted by atomic mass is 19.1. The van der Waals surface area contributed by atoms with E-state index >= 15 is 0 Å². The van der Waals surface area contributed by atoms with E-state index in [-0.39, 0.29) is 5.82 Å². The zero-order valence-corrected chi connectivity index (χ0v) is 9.90. The lowest BCUT2D eigenvalue weighted by Gasteiger charge is -2.02. The van der Waals surface area contributed by atoms with Crippen molar-refractivity contribution in [1.82, 2.24) is 10.2 Å². The van der Waals surface area contributed by atoms with Gasteiger partial charge in [-0.15, -0.1) is 5.10 Å². The van der Waals surface area contributed by atoms with E-state index < -0.39 is 0 Å². The molecule has 0 saturated heterocycles. The zero-order valence-electron chi connectivity index (χ0n) is 9.90. The summed E-state index contributed by atoms with van der Waals surface area (Å²) < 4.78 is 18.8. The first kappa shape index (κ1) is 11.2. The summed E-state index contributed by atoms with van der Waals surface area (Å²) in [4.78, 5) is 0. The van der Waals surface area contributed by atoms with Gasteiger partial charge in [-0.1, -0.05) is 23.3 Å². The molecule has 0 spiro atoms. The Morgan fingerprint density at radius 1 is 1.28 bits per heavy atom. The quantitative estimate of drug-likeness (QED) is 0.882.